The van der Waals surface area contributed by atoms with Crippen molar-refractivity contribution in [3.8, 4) is 12.3 Å². The van der Waals surface area contributed by atoms with Gasteiger partial charge in [-0.05, 0) is 12.2 Å². The summed E-state index contributed by atoms with van der Waals surface area (Å²) in [5.74, 6) is 3.89. The molecule has 0 aromatic rings. The lowest BCUT2D eigenvalue weighted by atomic mass is 10.1. The Morgan fingerprint density at radius 3 is 2.69 bits per heavy atom. The van der Waals surface area contributed by atoms with Crippen LogP contribution in [0, 0.1) is 12.3 Å². The number of rotatable bonds is 9. The highest BCUT2D eigenvalue weighted by Crippen LogP contribution is 2.08. The third kappa shape index (κ3) is 8.74. The molecule has 0 unspecified atom stereocenters. The van der Waals surface area contributed by atoms with Crippen molar-refractivity contribution in [1.82, 2.24) is 0 Å². The lowest BCUT2D eigenvalue weighted by molar-refractivity contribution is -0.118. The Bertz CT molecular complexity index is 238. The van der Waals surface area contributed by atoms with E-state index in [-0.39, 0.29) is 5.78 Å². The van der Waals surface area contributed by atoms with E-state index in [0.29, 0.717) is 25.0 Å². The maximum atomic E-state index is 11.2. The molecule has 5 heteroatoms. The summed E-state index contributed by atoms with van der Waals surface area (Å²) >= 11 is 1.52. The first-order valence-corrected chi connectivity index (χ1v) is 6.38. The molecule has 0 aliphatic heterocycles. The number of ketones is 1. The van der Waals surface area contributed by atoms with Crippen LogP contribution < -0.4 is 5.73 Å². The maximum Gasteiger partial charge on any atom is 0.167 e. The van der Waals surface area contributed by atoms with Gasteiger partial charge in [0.15, 0.2) is 6.29 Å². The average molecular weight is 245 g/mol. The highest BCUT2D eigenvalue weighted by atomic mass is 32.2. The first-order valence-electron chi connectivity index (χ1n) is 5.22. The molecular formula is C11H19NO3S. The van der Waals surface area contributed by atoms with Crippen LogP contribution in [0.2, 0.25) is 0 Å². The van der Waals surface area contributed by atoms with E-state index in [1.165, 1.54) is 11.8 Å². The second kappa shape index (κ2) is 9.67. The molecule has 0 aliphatic carbocycles. The number of terminal acetylenes is 1. The Hall–Kier alpha value is -0.540. The van der Waals surface area contributed by atoms with Gasteiger partial charge in [-0.15, -0.1) is 12.3 Å². The molecule has 0 saturated heterocycles. The summed E-state index contributed by atoms with van der Waals surface area (Å²) in [7, 11) is 0. The van der Waals surface area contributed by atoms with Crippen molar-refractivity contribution in [3.05, 3.63) is 0 Å². The Morgan fingerprint density at radius 1 is 1.44 bits per heavy atom. The zero-order chi connectivity index (χ0) is 12.4. The van der Waals surface area contributed by atoms with E-state index >= 15 is 0 Å². The number of nitrogens with two attached hydrogens (primary N) is 1. The topological polar surface area (TPSA) is 83.6 Å². The molecule has 92 valence electrons. The van der Waals surface area contributed by atoms with E-state index in [2.05, 4.69) is 5.92 Å². The summed E-state index contributed by atoms with van der Waals surface area (Å²) in [6.45, 7) is 0. The molecule has 0 fully saturated rings. The molecule has 0 spiro atoms. The van der Waals surface area contributed by atoms with Crippen LogP contribution in [-0.2, 0) is 4.79 Å². The summed E-state index contributed by atoms with van der Waals surface area (Å²) in [5.41, 5.74) is 5.41. The number of carbonyl (C=O) groups is 1. The van der Waals surface area contributed by atoms with Gasteiger partial charge in [0, 0.05) is 25.0 Å². The molecule has 0 aromatic carbocycles. The predicted molar refractivity (Wildman–Crippen MR) is 65.8 cm³/mol. The van der Waals surface area contributed by atoms with Crippen molar-refractivity contribution in [1.29, 1.82) is 0 Å². The Balaban J connectivity index is 3.34. The van der Waals surface area contributed by atoms with Crippen LogP contribution in [0.15, 0.2) is 0 Å². The second-order valence-electron chi connectivity index (χ2n) is 3.50. The molecule has 0 bridgehead atoms. The maximum absolute atomic E-state index is 11.2. The molecule has 4 N–H and O–H groups in total. The minimum absolute atomic E-state index is 0.185. The van der Waals surface area contributed by atoms with E-state index in [1.807, 2.05) is 0 Å². The van der Waals surface area contributed by atoms with Crippen molar-refractivity contribution in [2.75, 3.05) is 11.5 Å². The van der Waals surface area contributed by atoms with E-state index < -0.39 is 12.3 Å². The first-order chi connectivity index (χ1) is 7.57. The molecule has 0 radical (unpaired) electrons. The molecule has 0 heterocycles. The normalized spacial score (nSPS) is 12.4. The molecule has 0 amide bonds. The van der Waals surface area contributed by atoms with Crippen LogP contribution in [0.5, 0.6) is 0 Å². The van der Waals surface area contributed by atoms with E-state index in [4.69, 9.17) is 22.4 Å². The summed E-state index contributed by atoms with van der Waals surface area (Å²) in [6, 6.07) is -0.623. The smallest absolute Gasteiger partial charge is 0.167 e. The van der Waals surface area contributed by atoms with Crippen LogP contribution in [0.3, 0.4) is 0 Å². The van der Waals surface area contributed by atoms with Gasteiger partial charge in [0.05, 0.1) is 6.04 Å². The number of carbonyl (C=O) groups excluding carboxylic acids is 1. The SMILES string of the molecule is C#CCCC(=O)CCCSC[C@H](N)C(O)O. The zero-order valence-electron chi connectivity index (χ0n) is 9.26. The summed E-state index contributed by atoms with van der Waals surface area (Å²) in [4.78, 5) is 11.2. The number of aliphatic hydroxyl groups excluding tert-OH is 1. The fourth-order valence-electron chi connectivity index (χ4n) is 1.01. The van der Waals surface area contributed by atoms with E-state index in [0.717, 1.165) is 12.2 Å². The Morgan fingerprint density at radius 2 is 2.12 bits per heavy atom. The highest BCUT2D eigenvalue weighted by Gasteiger charge is 2.10. The average Bonchev–Trinajstić information content (AvgIpc) is 2.25. The minimum Gasteiger partial charge on any atom is -0.367 e. The van der Waals surface area contributed by atoms with Gasteiger partial charge in [-0.25, -0.2) is 0 Å². The van der Waals surface area contributed by atoms with E-state index in [1.54, 1.807) is 0 Å². The van der Waals surface area contributed by atoms with Crippen molar-refractivity contribution in [2.45, 2.75) is 38.0 Å². The predicted octanol–water partition coefficient (Wildman–Crippen LogP) is 0.120. The fraction of sp³-hybridized carbons (Fsp3) is 0.727. The van der Waals surface area contributed by atoms with Gasteiger partial charge < -0.3 is 15.9 Å². The molecule has 0 rings (SSSR count). The summed E-state index contributed by atoms with van der Waals surface area (Å²) < 4.78 is 0. The Labute approximate surface area is 101 Å². The van der Waals surface area contributed by atoms with Crippen LogP contribution in [0.25, 0.3) is 0 Å². The van der Waals surface area contributed by atoms with Gasteiger partial charge in [-0.2, -0.15) is 11.8 Å². The van der Waals surface area contributed by atoms with Crippen molar-refractivity contribution < 1.29 is 15.0 Å². The monoisotopic (exact) mass is 245 g/mol. The fourth-order valence-corrected chi connectivity index (χ4v) is 1.97. The largest absolute Gasteiger partial charge is 0.367 e. The van der Waals surface area contributed by atoms with E-state index in [9.17, 15) is 4.79 Å². The van der Waals surface area contributed by atoms with Gasteiger partial charge in [-0.3, -0.25) is 4.79 Å². The summed E-state index contributed by atoms with van der Waals surface area (Å²) in [5, 5.41) is 17.4. The van der Waals surface area contributed by atoms with Gasteiger partial charge in [0.2, 0.25) is 0 Å². The molecule has 4 nitrogen and oxygen atoms in total. The third-order valence-corrected chi connectivity index (χ3v) is 3.18. The number of aliphatic hydroxyl groups is 2. The van der Waals surface area contributed by atoms with Gasteiger partial charge in [-0.1, -0.05) is 0 Å². The van der Waals surface area contributed by atoms with Crippen LogP contribution >= 0.6 is 11.8 Å². The molecule has 0 aromatic heterocycles. The number of Topliss-reactive ketones (excluding diaryl/α,β-unsaturated/α-hetero) is 1. The summed E-state index contributed by atoms with van der Waals surface area (Å²) in [6.07, 6.45) is 5.85. The quantitative estimate of drug-likeness (QED) is 0.305. The number of thioether (sulfide) groups is 1. The molecule has 1 atom stereocenters. The standard InChI is InChI=1S/C11H19NO3S/c1-2-3-5-9(13)6-4-7-16-8-10(12)11(14)15/h1,10-11,14-15H,3-8,12H2/t10-/m0/s1. The van der Waals surface area contributed by atoms with Crippen molar-refractivity contribution >= 4 is 17.5 Å². The highest BCUT2D eigenvalue weighted by molar-refractivity contribution is 7.99. The number of hydrogen-bond acceptors (Lipinski definition) is 5. The van der Waals surface area contributed by atoms with Gasteiger partial charge >= 0.3 is 0 Å². The Kier molecular flexibility index (Phi) is 9.34. The molecule has 0 saturated carbocycles. The van der Waals surface area contributed by atoms with Crippen LogP contribution in [-0.4, -0.2) is 39.8 Å². The van der Waals surface area contributed by atoms with Gasteiger partial charge in [0.1, 0.15) is 5.78 Å². The minimum atomic E-state index is -1.47. The first kappa shape index (κ1) is 15.5. The number of hydrogen-bond donors (Lipinski definition) is 3. The van der Waals surface area contributed by atoms with Crippen LogP contribution in [0.4, 0.5) is 0 Å². The second-order valence-corrected chi connectivity index (χ2v) is 4.65. The lowest BCUT2D eigenvalue weighted by Gasteiger charge is -2.12. The third-order valence-electron chi connectivity index (χ3n) is 1.99. The molecular weight excluding hydrogens is 226 g/mol. The van der Waals surface area contributed by atoms with Gasteiger partial charge in [0.25, 0.3) is 0 Å². The molecule has 0 aliphatic rings. The van der Waals surface area contributed by atoms with Crippen LogP contribution in [0.1, 0.15) is 25.7 Å². The zero-order valence-corrected chi connectivity index (χ0v) is 10.1. The molecule has 16 heavy (non-hydrogen) atoms. The van der Waals surface area contributed by atoms with Crippen molar-refractivity contribution in [2.24, 2.45) is 5.73 Å². The van der Waals surface area contributed by atoms with Crippen molar-refractivity contribution in [3.63, 3.8) is 0 Å². The lowest BCUT2D eigenvalue weighted by Crippen LogP contribution is -2.36.